The third-order valence-corrected chi connectivity index (χ3v) is 5.72. The number of rotatable bonds is 3. The molecule has 0 aromatic heterocycles. The topological polar surface area (TPSA) is 0 Å². The van der Waals surface area contributed by atoms with Crippen molar-refractivity contribution in [3.05, 3.63) is 11.6 Å². The van der Waals surface area contributed by atoms with Gasteiger partial charge in [-0.3, -0.25) is 0 Å². The molecule has 0 saturated heterocycles. The summed E-state index contributed by atoms with van der Waals surface area (Å²) >= 11 is 0. The van der Waals surface area contributed by atoms with E-state index in [9.17, 15) is 0 Å². The summed E-state index contributed by atoms with van der Waals surface area (Å²) in [4.78, 5) is 0. The summed E-state index contributed by atoms with van der Waals surface area (Å²) in [6.45, 7) is 9.78. The van der Waals surface area contributed by atoms with Crippen LogP contribution in [-0.2, 0) is 0 Å². The van der Waals surface area contributed by atoms with Crippen LogP contribution in [0.3, 0.4) is 0 Å². The van der Waals surface area contributed by atoms with E-state index in [0.29, 0.717) is 0 Å². The van der Waals surface area contributed by atoms with Gasteiger partial charge in [-0.25, -0.2) is 0 Å². The highest BCUT2D eigenvalue weighted by Crippen LogP contribution is 2.47. The van der Waals surface area contributed by atoms with E-state index in [-0.39, 0.29) is 0 Å². The van der Waals surface area contributed by atoms with Crippen molar-refractivity contribution >= 4 is 0 Å². The Morgan fingerprint density at radius 2 is 1.88 bits per heavy atom. The molecule has 0 aromatic carbocycles. The number of hydrogen-bond donors (Lipinski definition) is 0. The Balaban J connectivity index is 2.06. The second-order valence-corrected chi connectivity index (χ2v) is 6.65. The molecule has 0 N–H and O–H groups in total. The van der Waals surface area contributed by atoms with E-state index in [1.54, 1.807) is 5.57 Å². The Labute approximate surface area is 108 Å². The van der Waals surface area contributed by atoms with Gasteiger partial charge in [-0.05, 0) is 48.9 Å². The van der Waals surface area contributed by atoms with Crippen molar-refractivity contribution in [1.82, 2.24) is 0 Å². The van der Waals surface area contributed by atoms with E-state index in [1.165, 1.54) is 38.5 Å². The molecule has 2 aliphatic carbocycles. The van der Waals surface area contributed by atoms with Crippen LogP contribution in [-0.4, -0.2) is 0 Å². The van der Waals surface area contributed by atoms with E-state index in [2.05, 4.69) is 33.8 Å². The third kappa shape index (κ3) is 2.61. The van der Waals surface area contributed by atoms with Crippen molar-refractivity contribution in [3.8, 4) is 0 Å². The summed E-state index contributed by atoms with van der Waals surface area (Å²) in [5.41, 5.74) is 1.75. The molecule has 0 aliphatic heterocycles. The maximum atomic E-state index is 2.60. The van der Waals surface area contributed by atoms with Crippen LogP contribution in [0, 0.1) is 29.6 Å². The van der Waals surface area contributed by atoms with Gasteiger partial charge in [-0.1, -0.05) is 58.6 Å². The molecule has 98 valence electrons. The molecule has 1 fully saturated rings. The fourth-order valence-corrected chi connectivity index (χ4v) is 4.39. The Kier molecular flexibility index (Phi) is 4.33. The number of allylic oxidation sites excluding steroid dienone is 2. The first-order valence-electron chi connectivity index (χ1n) is 7.84. The van der Waals surface area contributed by atoms with Gasteiger partial charge in [-0.2, -0.15) is 0 Å². The molecule has 0 amide bonds. The van der Waals surface area contributed by atoms with Crippen molar-refractivity contribution in [2.45, 2.75) is 66.2 Å². The van der Waals surface area contributed by atoms with E-state index >= 15 is 0 Å². The van der Waals surface area contributed by atoms with Gasteiger partial charge in [0.15, 0.2) is 0 Å². The Morgan fingerprint density at radius 1 is 1.12 bits per heavy atom. The minimum atomic E-state index is 0.835. The highest BCUT2D eigenvalue weighted by molar-refractivity contribution is 5.13. The summed E-state index contributed by atoms with van der Waals surface area (Å²) in [5, 5.41) is 0. The van der Waals surface area contributed by atoms with Gasteiger partial charge in [0.2, 0.25) is 0 Å². The average molecular weight is 234 g/mol. The minimum absolute atomic E-state index is 0.835. The van der Waals surface area contributed by atoms with Crippen LogP contribution in [0.4, 0.5) is 0 Å². The van der Waals surface area contributed by atoms with Crippen molar-refractivity contribution in [2.24, 2.45) is 29.6 Å². The van der Waals surface area contributed by atoms with Gasteiger partial charge in [-0.15, -0.1) is 0 Å². The maximum absolute atomic E-state index is 2.60. The highest BCUT2D eigenvalue weighted by Gasteiger charge is 2.37. The summed E-state index contributed by atoms with van der Waals surface area (Å²) in [6, 6.07) is 0. The zero-order chi connectivity index (χ0) is 12.4. The standard InChI is InChI=1S/C17H30/c1-5-7-15-10-11-17(14(4)13(15)3)16-9-6-8-12(16)2/h10,12-14,16-17H,5-9,11H2,1-4H3. The van der Waals surface area contributed by atoms with Gasteiger partial charge in [0.1, 0.15) is 0 Å². The fraction of sp³-hybridized carbons (Fsp3) is 0.882. The lowest BCUT2D eigenvalue weighted by Gasteiger charge is -2.39. The van der Waals surface area contributed by atoms with Crippen LogP contribution in [0.25, 0.3) is 0 Å². The highest BCUT2D eigenvalue weighted by atomic mass is 14.4. The Hall–Kier alpha value is -0.260. The first-order valence-corrected chi connectivity index (χ1v) is 7.84. The maximum Gasteiger partial charge on any atom is -0.0203 e. The fourth-order valence-electron chi connectivity index (χ4n) is 4.39. The van der Waals surface area contributed by atoms with Crippen LogP contribution >= 0.6 is 0 Å². The Bertz CT molecular complexity index is 276. The van der Waals surface area contributed by atoms with Crippen LogP contribution in [0.2, 0.25) is 0 Å². The molecule has 0 spiro atoms. The molecule has 5 unspecified atom stereocenters. The van der Waals surface area contributed by atoms with Crippen LogP contribution in [0.15, 0.2) is 11.6 Å². The molecule has 17 heavy (non-hydrogen) atoms. The van der Waals surface area contributed by atoms with E-state index < -0.39 is 0 Å². The molecular weight excluding hydrogens is 204 g/mol. The molecule has 0 aromatic rings. The van der Waals surface area contributed by atoms with Crippen LogP contribution < -0.4 is 0 Å². The molecule has 0 radical (unpaired) electrons. The first-order chi connectivity index (χ1) is 8.15. The van der Waals surface area contributed by atoms with Gasteiger partial charge >= 0.3 is 0 Å². The predicted molar refractivity (Wildman–Crippen MR) is 75.9 cm³/mol. The molecule has 2 rings (SSSR count). The molecule has 0 heteroatoms. The lowest BCUT2D eigenvalue weighted by atomic mass is 9.66. The molecule has 0 heterocycles. The normalized spacial score (nSPS) is 42.6. The quantitative estimate of drug-likeness (QED) is 0.570. The molecule has 0 bridgehead atoms. The van der Waals surface area contributed by atoms with Crippen molar-refractivity contribution in [1.29, 1.82) is 0 Å². The van der Waals surface area contributed by atoms with E-state index in [4.69, 9.17) is 0 Å². The molecular formula is C17H30. The SMILES string of the molecule is CCCC1=CCC(C2CCCC2C)C(C)C1C. The number of hydrogen-bond acceptors (Lipinski definition) is 0. The van der Waals surface area contributed by atoms with Crippen LogP contribution in [0.5, 0.6) is 0 Å². The molecule has 0 nitrogen and oxygen atoms in total. The van der Waals surface area contributed by atoms with Crippen molar-refractivity contribution < 1.29 is 0 Å². The average Bonchev–Trinajstić information content (AvgIpc) is 2.72. The molecule has 2 aliphatic rings. The van der Waals surface area contributed by atoms with Gasteiger partial charge in [0, 0.05) is 0 Å². The van der Waals surface area contributed by atoms with Crippen LogP contribution in [0.1, 0.15) is 66.2 Å². The van der Waals surface area contributed by atoms with Gasteiger partial charge < -0.3 is 0 Å². The van der Waals surface area contributed by atoms with Gasteiger partial charge in [0.05, 0.1) is 0 Å². The monoisotopic (exact) mass is 234 g/mol. The lowest BCUT2D eigenvalue weighted by Crippen LogP contribution is -2.31. The summed E-state index contributed by atoms with van der Waals surface area (Å²) < 4.78 is 0. The second kappa shape index (κ2) is 5.59. The summed E-state index contributed by atoms with van der Waals surface area (Å²) in [6.07, 6.45) is 11.1. The van der Waals surface area contributed by atoms with E-state index in [1.807, 2.05) is 0 Å². The van der Waals surface area contributed by atoms with Crippen molar-refractivity contribution in [2.75, 3.05) is 0 Å². The molecule has 5 atom stereocenters. The third-order valence-electron chi connectivity index (χ3n) is 5.72. The van der Waals surface area contributed by atoms with Crippen molar-refractivity contribution in [3.63, 3.8) is 0 Å². The zero-order valence-corrected chi connectivity index (χ0v) is 12.2. The second-order valence-electron chi connectivity index (χ2n) is 6.65. The summed E-state index contributed by atoms with van der Waals surface area (Å²) in [5.74, 6) is 4.72. The first kappa shape index (κ1) is 13.2. The zero-order valence-electron chi connectivity index (χ0n) is 12.2. The lowest BCUT2D eigenvalue weighted by molar-refractivity contribution is 0.159. The summed E-state index contributed by atoms with van der Waals surface area (Å²) in [7, 11) is 0. The predicted octanol–water partition coefficient (Wildman–Crippen LogP) is 5.44. The van der Waals surface area contributed by atoms with E-state index in [0.717, 1.165) is 29.6 Å². The smallest absolute Gasteiger partial charge is 0.0203 e. The molecule has 1 saturated carbocycles. The largest absolute Gasteiger partial charge is 0.0848 e. The minimum Gasteiger partial charge on any atom is -0.0848 e. The Morgan fingerprint density at radius 3 is 2.47 bits per heavy atom. The van der Waals surface area contributed by atoms with Gasteiger partial charge in [0.25, 0.3) is 0 Å².